The molecule has 0 bridgehead atoms. The topological polar surface area (TPSA) is 59.6 Å². The maximum Gasteiger partial charge on any atom is 0.243 e. The minimum absolute atomic E-state index is 0.0439. The molecule has 146 valence electrons. The fourth-order valence-corrected chi connectivity index (χ4v) is 2.38. The van der Waals surface area contributed by atoms with Crippen molar-refractivity contribution >= 4 is 17.3 Å². The second-order valence-electron chi connectivity index (χ2n) is 7.12. The van der Waals surface area contributed by atoms with E-state index in [9.17, 15) is 4.79 Å². The number of benzene rings is 2. The Balaban J connectivity index is 1.82. The number of hydrogen-bond acceptors (Lipinski definition) is 4. The maximum absolute atomic E-state index is 12.2. The lowest BCUT2D eigenvalue weighted by molar-refractivity contribution is -0.114. The summed E-state index contributed by atoms with van der Waals surface area (Å²) in [5, 5.41) is 6.00. The van der Waals surface area contributed by atoms with Crippen molar-refractivity contribution in [3.63, 3.8) is 0 Å². The number of carbonyl (C=O) groups is 1. The molecule has 2 aromatic carbocycles. The van der Waals surface area contributed by atoms with Gasteiger partial charge in [-0.2, -0.15) is 0 Å². The summed E-state index contributed by atoms with van der Waals surface area (Å²) in [7, 11) is 0. The molecule has 0 aliphatic carbocycles. The van der Waals surface area contributed by atoms with Crippen molar-refractivity contribution in [1.82, 2.24) is 0 Å². The Bertz CT molecular complexity index is 712. The Labute approximate surface area is 162 Å². The molecule has 5 nitrogen and oxygen atoms in total. The molecular weight excluding hydrogens is 340 g/mol. The van der Waals surface area contributed by atoms with E-state index in [1.165, 1.54) is 0 Å². The van der Waals surface area contributed by atoms with E-state index in [1.54, 1.807) is 0 Å². The summed E-state index contributed by atoms with van der Waals surface area (Å²) in [6.45, 7) is 9.14. The second-order valence-corrected chi connectivity index (χ2v) is 7.12. The van der Waals surface area contributed by atoms with Gasteiger partial charge in [-0.15, -0.1) is 0 Å². The quantitative estimate of drug-likeness (QED) is 0.621. The normalized spacial score (nSPS) is 10.7. The van der Waals surface area contributed by atoms with E-state index in [1.807, 2.05) is 62.4 Å². The number of rotatable bonds is 10. The van der Waals surface area contributed by atoms with E-state index < -0.39 is 0 Å². The van der Waals surface area contributed by atoms with Crippen LogP contribution in [0.25, 0.3) is 0 Å². The highest BCUT2D eigenvalue weighted by Crippen LogP contribution is 2.24. The third kappa shape index (κ3) is 7.60. The van der Waals surface area contributed by atoms with E-state index in [4.69, 9.17) is 9.47 Å². The smallest absolute Gasteiger partial charge is 0.243 e. The summed E-state index contributed by atoms with van der Waals surface area (Å²) in [4.78, 5) is 12.2. The van der Waals surface area contributed by atoms with Gasteiger partial charge in [0.05, 0.1) is 24.9 Å². The Morgan fingerprint density at radius 2 is 1.70 bits per heavy atom. The van der Waals surface area contributed by atoms with Crippen LogP contribution in [-0.2, 0) is 4.79 Å². The Kier molecular flexibility index (Phi) is 7.99. The Hall–Kier alpha value is -2.69. The number of carbonyl (C=O) groups excluding carboxylic acids is 1. The minimum Gasteiger partial charge on any atom is -0.494 e. The first-order chi connectivity index (χ1) is 12.9. The summed E-state index contributed by atoms with van der Waals surface area (Å²) in [6.07, 6.45) is 1.07. The summed E-state index contributed by atoms with van der Waals surface area (Å²) >= 11 is 0. The van der Waals surface area contributed by atoms with Gasteiger partial charge in [0.1, 0.15) is 11.5 Å². The van der Waals surface area contributed by atoms with E-state index in [2.05, 4.69) is 24.5 Å². The largest absolute Gasteiger partial charge is 0.494 e. The maximum atomic E-state index is 12.2. The lowest BCUT2D eigenvalue weighted by Gasteiger charge is -2.15. The van der Waals surface area contributed by atoms with Crippen LogP contribution < -0.4 is 20.1 Å². The first kappa shape index (κ1) is 20.6. The third-order valence-electron chi connectivity index (χ3n) is 3.80. The zero-order valence-electron chi connectivity index (χ0n) is 16.6. The average molecular weight is 370 g/mol. The van der Waals surface area contributed by atoms with Crippen LogP contribution >= 0.6 is 0 Å². The second kappa shape index (κ2) is 10.5. The van der Waals surface area contributed by atoms with Gasteiger partial charge in [-0.1, -0.05) is 26.0 Å². The minimum atomic E-state index is -0.132. The predicted molar refractivity (Wildman–Crippen MR) is 111 cm³/mol. The van der Waals surface area contributed by atoms with Crippen LogP contribution in [0.2, 0.25) is 0 Å². The molecular formula is C22H30N2O3. The summed E-state index contributed by atoms with van der Waals surface area (Å²) < 4.78 is 11.4. The van der Waals surface area contributed by atoms with Gasteiger partial charge in [-0.05, 0) is 62.6 Å². The summed E-state index contributed by atoms with van der Waals surface area (Å²) in [5.41, 5.74) is 1.54. The molecule has 0 aliphatic heterocycles. The van der Waals surface area contributed by atoms with Crippen LogP contribution in [-0.4, -0.2) is 25.2 Å². The number of anilines is 2. The Morgan fingerprint density at radius 1 is 1.00 bits per heavy atom. The van der Waals surface area contributed by atoms with Crippen LogP contribution in [0.1, 0.15) is 34.1 Å². The standard InChI is InChI=1S/C22H30N2O3/c1-16(2)13-14-26-19-11-9-18(10-12-19)23-15-22(25)24-20-7-5-6-8-21(20)27-17(3)4/h5-12,16-17,23H,13-15H2,1-4H3,(H,24,25). The van der Waals surface area contributed by atoms with Gasteiger partial charge in [0.25, 0.3) is 0 Å². The lowest BCUT2D eigenvalue weighted by Crippen LogP contribution is -2.22. The van der Waals surface area contributed by atoms with Gasteiger partial charge in [-0.25, -0.2) is 0 Å². The lowest BCUT2D eigenvalue weighted by atomic mass is 10.1. The molecule has 2 aromatic rings. The average Bonchev–Trinajstić information content (AvgIpc) is 2.62. The van der Waals surface area contributed by atoms with Crippen LogP contribution in [0, 0.1) is 5.92 Å². The third-order valence-corrected chi connectivity index (χ3v) is 3.80. The summed E-state index contributed by atoms with van der Waals surface area (Å²) in [6, 6.07) is 15.1. The number of nitrogens with one attached hydrogen (secondary N) is 2. The predicted octanol–water partition coefficient (Wildman–Crippen LogP) is 4.95. The van der Waals surface area contributed by atoms with Gasteiger partial charge in [0.15, 0.2) is 0 Å². The van der Waals surface area contributed by atoms with Crippen LogP contribution in [0.4, 0.5) is 11.4 Å². The van der Waals surface area contributed by atoms with Crippen LogP contribution in [0.5, 0.6) is 11.5 Å². The zero-order chi connectivity index (χ0) is 19.6. The van der Waals surface area contributed by atoms with Crippen molar-refractivity contribution < 1.29 is 14.3 Å². The Morgan fingerprint density at radius 3 is 2.37 bits per heavy atom. The molecule has 0 radical (unpaired) electrons. The molecule has 0 fully saturated rings. The molecule has 0 heterocycles. The molecule has 0 saturated heterocycles. The number of ether oxygens (including phenoxy) is 2. The first-order valence-electron chi connectivity index (χ1n) is 9.46. The molecule has 0 aliphatic rings. The molecule has 0 unspecified atom stereocenters. The highest BCUT2D eigenvalue weighted by atomic mass is 16.5. The van der Waals surface area contributed by atoms with Gasteiger partial charge >= 0.3 is 0 Å². The van der Waals surface area contributed by atoms with Gasteiger partial charge in [0, 0.05) is 5.69 Å². The summed E-state index contributed by atoms with van der Waals surface area (Å²) in [5.74, 6) is 2.00. The first-order valence-corrected chi connectivity index (χ1v) is 9.46. The zero-order valence-corrected chi connectivity index (χ0v) is 16.6. The molecule has 2 N–H and O–H groups in total. The van der Waals surface area contributed by atoms with E-state index in [-0.39, 0.29) is 18.6 Å². The molecule has 27 heavy (non-hydrogen) atoms. The van der Waals surface area contributed by atoms with Crippen molar-refractivity contribution in [3.05, 3.63) is 48.5 Å². The van der Waals surface area contributed by atoms with E-state index in [0.29, 0.717) is 24.0 Å². The SMILES string of the molecule is CC(C)CCOc1ccc(NCC(=O)Nc2ccccc2OC(C)C)cc1. The van der Waals surface area contributed by atoms with Crippen molar-refractivity contribution in [1.29, 1.82) is 0 Å². The molecule has 2 rings (SSSR count). The monoisotopic (exact) mass is 370 g/mol. The van der Waals surface area contributed by atoms with Crippen LogP contribution in [0.15, 0.2) is 48.5 Å². The fraction of sp³-hybridized carbons (Fsp3) is 0.409. The van der Waals surface area contributed by atoms with Gasteiger partial charge in [0.2, 0.25) is 5.91 Å². The van der Waals surface area contributed by atoms with Crippen molar-refractivity contribution in [2.45, 2.75) is 40.2 Å². The van der Waals surface area contributed by atoms with E-state index in [0.717, 1.165) is 17.9 Å². The molecule has 0 aromatic heterocycles. The molecule has 1 amide bonds. The highest BCUT2D eigenvalue weighted by molar-refractivity contribution is 5.95. The molecule has 0 spiro atoms. The molecule has 0 atom stereocenters. The fourth-order valence-electron chi connectivity index (χ4n) is 2.38. The molecule has 5 heteroatoms. The van der Waals surface area contributed by atoms with Crippen molar-refractivity contribution in [3.8, 4) is 11.5 Å². The van der Waals surface area contributed by atoms with Crippen molar-refractivity contribution in [2.75, 3.05) is 23.8 Å². The van der Waals surface area contributed by atoms with Gasteiger partial charge < -0.3 is 20.1 Å². The number of amides is 1. The van der Waals surface area contributed by atoms with Crippen molar-refractivity contribution in [2.24, 2.45) is 5.92 Å². The van der Waals surface area contributed by atoms with E-state index >= 15 is 0 Å². The van der Waals surface area contributed by atoms with Crippen LogP contribution in [0.3, 0.4) is 0 Å². The molecule has 0 saturated carbocycles. The van der Waals surface area contributed by atoms with Gasteiger partial charge in [-0.3, -0.25) is 4.79 Å². The number of hydrogen-bond donors (Lipinski definition) is 2. The number of para-hydroxylation sites is 2. The highest BCUT2D eigenvalue weighted by Gasteiger charge is 2.08.